The molecule has 0 bridgehead atoms. The molecule has 0 aliphatic heterocycles. The number of halogens is 1. The summed E-state index contributed by atoms with van der Waals surface area (Å²) in [4.78, 5) is 4.25. The minimum absolute atomic E-state index is 0.274. The van der Waals surface area contributed by atoms with Crippen molar-refractivity contribution < 1.29 is 8.60 Å². The van der Waals surface area contributed by atoms with Crippen LogP contribution in [0.5, 0.6) is 0 Å². The minimum Gasteiger partial charge on any atom is -0.264 e. The highest BCUT2D eigenvalue weighted by molar-refractivity contribution is 7.85. The van der Waals surface area contributed by atoms with Crippen molar-refractivity contribution in [1.82, 2.24) is 4.98 Å². The Hall–Kier alpha value is -1.55. The lowest BCUT2D eigenvalue weighted by Crippen LogP contribution is -2.03. The second kappa shape index (κ2) is 5.68. The topological polar surface area (TPSA) is 30.0 Å². The Balaban J connectivity index is 2.01. The van der Waals surface area contributed by atoms with Crippen molar-refractivity contribution in [3.8, 4) is 0 Å². The molecule has 0 saturated carbocycles. The van der Waals surface area contributed by atoms with Crippen LogP contribution in [0.3, 0.4) is 0 Å². The number of nitrogens with zero attached hydrogens (tertiary/aromatic N) is 1. The molecule has 1 aromatic heterocycles. The normalized spacial score (nSPS) is 12.3. The molecule has 0 fully saturated rings. The highest BCUT2D eigenvalue weighted by Crippen LogP contribution is 2.12. The van der Waals surface area contributed by atoms with Crippen molar-refractivity contribution in [2.45, 2.75) is 11.3 Å². The van der Waals surface area contributed by atoms with Crippen LogP contribution >= 0.6 is 0 Å². The average Bonchev–Trinajstić information content (AvgIpc) is 2.38. The van der Waals surface area contributed by atoms with Crippen LogP contribution in [-0.2, 0) is 17.2 Å². The molecule has 0 N–H and O–H groups in total. The first-order valence-corrected chi connectivity index (χ1v) is 6.61. The molecule has 0 saturated heterocycles. The van der Waals surface area contributed by atoms with Gasteiger partial charge in [0.1, 0.15) is 5.82 Å². The van der Waals surface area contributed by atoms with Crippen molar-refractivity contribution in [2.75, 3.05) is 5.75 Å². The van der Waals surface area contributed by atoms with Gasteiger partial charge in [0, 0.05) is 18.1 Å². The van der Waals surface area contributed by atoms with E-state index in [9.17, 15) is 8.60 Å². The van der Waals surface area contributed by atoms with E-state index in [1.165, 1.54) is 6.07 Å². The first-order valence-electron chi connectivity index (χ1n) is 5.29. The highest BCUT2D eigenvalue weighted by Gasteiger charge is 2.08. The lowest BCUT2D eigenvalue weighted by atomic mass is 10.2. The Morgan fingerprint density at radius 1 is 1.18 bits per heavy atom. The van der Waals surface area contributed by atoms with Gasteiger partial charge in [0.05, 0.1) is 15.7 Å². The number of benzene rings is 1. The molecule has 0 spiro atoms. The van der Waals surface area contributed by atoms with E-state index in [4.69, 9.17) is 0 Å². The fraction of sp³-hybridized carbons (Fsp3) is 0.154. The molecule has 1 atom stereocenters. The zero-order chi connectivity index (χ0) is 12.1. The largest absolute Gasteiger partial charge is 0.264 e. The molecule has 1 aromatic carbocycles. The SMILES string of the molecule is O=S(CCc1cccnc1)c1ccccc1F. The summed E-state index contributed by atoms with van der Waals surface area (Å²) in [5.74, 6) is 0.00381. The quantitative estimate of drug-likeness (QED) is 0.833. The fourth-order valence-corrected chi connectivity index (χ4v) is 2.65. The van der Waals surface area contributed by atoms with Gasteiger partial charge in [-0.2, -0.15) is 0 Å². The van der Waals surface area contributed by atoms with E-state index in [2.05, 4.69) is 4.98 Å². The summed E-state index contributed by atoms with van der Waals surface area (Å²) < 4.78 is 25.2. The predicted octanol–water partition coefficient (Wildman–Crippen LogP) is 2.57. The van der Waals surface area contributed by atoms with Crippen LogP contribution in [0.2, 0.25) is 0 Å². The first-order chi connectivity index (χ1) is 8.27. The number of aromatic nitrogens is 1. The molecule has 2 aromatic rings. The molecule has 4 heteroatoms. The van der Waals surface area contributed by atoms with E-state index in [1.54, 1.807) is 30.6 Å². The molecule has 2 rings (SSSR count). The third-order valence-corrected chi connectivity index (χ3v) is 3.78. The molecule has 1 unspecified atom stereocenters. The number of rotatable bonds is 4. The van der Waals surface area contributed by atoms with Crippen LogP contribution in [0.25, 0.3) is 0 Å². The third kappa shape index (κ3) is 3.20. The molecule has 0 aliphatic rings. The van der Waals surface area contributed by atoms with Gasteiger partial charge in [-0.05, 0) is 30.2 Å². The van der Waals surface area contributed by atoms with E-state index in [1.807, 2.05) is 12.1 Å². The van der Waals surface area contributed by atoms with Gasteiger partial charge in [-0.15, -0.1) is 0 Å². The Labute approximate surface area is 102 Å². The zero-order valence-electron chi connectivity index (χ0n) is 9.17. The predicted molar refractivity (Wildman–Crippen MR) is 65.6 cm³/mol. The van der Waals surface area contributed by atoms with Crippen molar-refractivity contribution in [2.24, 2.45) is 0 Å². The maximum Gasteiger partial charge on any atom is 0.139 e. The Kier molecular flexibility index (Phi) is 3.98. The fourth-order valence-electron chi connectivity index (χ4n) is 1.50. The highest BCUT2D eigenvalue weighted by atomic mass is 32.2. The van der Waals surface area contributed by atoms with Gasteiger partial charge < -0.3 is 0 Å². The number of hydrogen-bond acceptors (Lipinski definition) is 2. The standard InChI is InChI=1S/C13H12FNOS/c14-12-5-1-2-6-13(12)17(16)9-7-11-4-3-8-15-10-11/h1-6,8,10H,7,9H2. The Bertz CT molecular complexity index is 516. The first kappa shape index (κ1) is 11.9. The Morgan fingerprint density at radius 2 is 2.00 bits per heavy atom. The van der Waals surface area contributed by atoms with E-state index >= 15 is 0 Å². The van der Waals surface area contributed by atoms with Crippen LogP contribution < -0.4 is 0 Å². The second-order valence-corrected chi connectivity index (χ2v) is 5.13. The smallest absolute Gasteiger partial charge is 0.139 e. The lowest BCUT2D eigenvalue weighted by molar-refractivity contribution is 0.595. The molecule has 2 nitrogen and oxygen atoms in total. The zero-order valence-corrected chi connectivity index (χ0v) is 9.99. The Morgan fingerprint density at radius 3 is 2.71 bits per heavy atom. The molecule has 88 valence electrons. The minimum atomic E-state index is -1.30. The van der Waals surface area contributed by atoms with Crippen molar-refractivity contribution in [3.05, 3.63) is 60.2 Å². The summed E-state index contributed by atoms with van der Waals surface area (Å²) in [5, 5.41) is 0. The van der Waals surface area contributed by atoms with Crippen LogP contribution in [0, 0.1) is 5.82 Å². The van der Waals surface area contributed by atoms with Crippen LogP contribution in [-0.4, -0.2) is 14.9 Å². The van der Waals surface area contributed by atoms with Crippen molar-refractivity contribution in [3.63, 3.8) is 0 Å². The second-order valence-electron chi connectivity index (χ2n) is 3.59. The molecular weight excluding hydrogens is 237 g/mol. The summed E-state index contributed by atoms with van der Waals surface area (Å²) in [5.41, 5.74) is 1.01. The van der Waals surface area contributed by atoms with Gasteiger partial charge >= 0.3 is 0 Å². The van der Waals surface area contributed by atoms with Gasteiger partial charge in [0.25, 0.3) is 0 Å². The molecule has 0 aliphatic carbocycles. The van der Waals surface area contributed by atoms with Crippen LogP contribution in [0.4, 0.5) is 4.39 Å². The molecular formula is C13H12FNOS. The molecule has 17 heavy (non-hydrogen) atoms. The summed E-state index contributed by atoms with van der Waals surface area (Å²) in [7, 11) is -1.30. The number of hydrogen-bond donors (Lipinski definition) is 0. The molecule has 0 amide bonds. The summed E-state index contributed by atoms with van der Waals surface area (Å²) in [6, 6.07) is 9.94. The van der Waals surface area contributed by atoms with Crippen LogP contribution in [0.15, 0.2) is 53.7 Å². The molecule has 0 radical (unpaired) electrons. The maximum atomic E-state index is 13.4. The summed E-state index contributed by atoms with van der Waals surface area (Å²) >= 11 is 0. The van der Waals surface area contributed by atoms with Crippen molar-refractivity contribution in [1.29, 1.82) is 0 Å². The van der Waals surface area contributed by atoms with Gasteiger partial charge in [0.15, 0.2) is 0 Å². The van der Waals surface area contributed by atoms with E-state index in [0.717, 1.165) is 5.56 Å². The van der Waals surface area contributed by atoms with E-state index in [0.29, 0.717) is 12.2 Å². The maximum absolute atomic E-state index is 13.4. The molecule has 1 heterocycles. The number of pyridine rings is 1. The summed E-state index contributed by atoms with van der Waals surface area (Å²) in [6.45, 7) is 0. The van der Waals surface area contributed by atoms with Gasteiger partial charge in [-0.3, -0.25) is 9.19 Å². The summed E-state index contributed by atoms with van der Waals surface area (Å²) in [6.07, 6.45) is 4.06. The van der Waals surface area contributed by atoms with Gasteiger partial charge in [0.2, 0.25) is 0 Å². The van der Waals surface area contributed by atoms with Crippen molar-refractivity contribution >= 4 is 10.8 Å². The monoisotopic (exact) mass is 249 g/mol. The number of aryl methyl sites for hydroxylation is 1. The average molecular weight is 249 g/mol. The van der Waals surface area contributed by atoms with Gasteiger partial charge in [-0.25, -0.2) is 4.39 Å². The third-order valence-electron chi connectivity index (χ3n) is 2.38. The lowest BCUT2D eigenvalue weighted by Gasteiger charge is -2.03. The van der Waals surface area contributed by atoms with Crippen LogP contribution in [0.1, 0.15) is 5.56 Å². The van der Waals surface area contributed by atoms with E-state index in [-0.39, 0.29) is 4.90 Å². The van der Waals surface area contributed by atoms with Gasteiger partial charge in [-0.1, -0.05) is 18.2 Å². The van der Waals surface area contributed by atoms with E-state index < -0.39 is 16.6 Å².